The SMILES string of the molecule is CC.CC(C)(C)n1nc(-c2ccccc2)nc1-c1ccc2[nH]ccc2c1.CC(C)(C)n1nc(-c2ccccc2)nc1CC1NC(=O)NC1=O. The van der Waals surface area contributed by atoms with Crippen LogP contribution in [0.2, 0.25) is 0 Å². The second-order valence-electron chi connectivity index (χ2n) is 13.5. The predicted molar refractivity (Wildman–Crippen MR) is 194 cm³/mol. The number of hydrogen-bond donors (Lipinski definition) is 3. The molecule has 11 nitrogen and oxygen atoms in total. The Labute approximate surface area is 287 Å². The molecule has 0 spiro atoms. The fourth-order valence-electron chi connectivity index (χ4n) is 5.38. The lowest BCUT2D eigenvalue weighted by atomic mass is 10.1. The monoisotopic (exact) mass is 659 g/mol. The first-order valence-electron chi connectivity index (χ1n) is 16.6. The number of carbonyl (C=O) groups excluding carboxylic acids is 2. The topological polar surface area (TPSA) is 135 Å². The number of nitrogens with one attached hydrogen (secondary N) is 3. The van der Waals surface area contributed by atoms with Gasteiger partial charge < -0.3 is 10.3 Å². The van der Waals surface area contributed by atoms with Crippen LogP contribution in [0, 0.1) is 0 Å². The van der Waals surface area contributed by atoms with Crippen molar-refractivity contribution >= 4 is 22.8 Å². The maximum absolute atomic E-state index is 11.8. The maximum Gasteiger partial charge on any atom is 0.322 e. The minimum atomic E-state index is -0.614. The average molecular weight is 660 g/mol. The number of aromatic nitrogens is 7. The third-order valence-corrected chi connectivity index (χ3v) is 7.67. The lowest BCUT2D eigenvalue weighted by Gasteiger charge is -2.21. The lowest BCUT2D eigenvalue weighted by Crippen LogP contribution is -2.34. The van der Waals surface area contributed by atoms with Gasteiger partial charge in [0, 0.05) is 40.2 Å². The van der Waals surface area contributed by atoms with Crippen molar-refractivity contribution in [1.82, 2.24) is 45.1 Å². The highest BCUT2D eigenvalue weighted by atomic mass is 16.2. The van der Waals surface area contributed by atoms with Gasteiger partial charge in [-0.05, 0) is 65.8 Å². The van der Waals surface area contributed by atoms with E-state index in [0.29, 0.717) is 18.1 Å². The molecule has 6 aromatic rings. The number of rotatable bonds is 5. The van der Waals surface area contributed by atoms with Crippen molar-refractivity contribution in [2.24, 2.45) is 0 Å². The summed E-state index contributed by atoms with van der Waals surface area (Å²) in [7, 11) is 0. The van der Waals surface area contributed by atoms with Gasteiger partial charge >= 0.3 is 6.03 Å². The number of carbonyl (C=O) groups is 2. The highest BCUT2D eigenvalue weighted by Gasteiger charge is 2.33. The number of urea groups is 1. The van der Waals surface area contributed by atoms with E-state index in [2.05, 4.69) is 70.7 Å². The molecule has 1 unspecified atom stereocenters. The fourth-order valence-corrected chi connectivity index (χ4v) is 5.38. The van der Waals surface area contributed by atoms with Gasteiger partial charge in [0.15, 0.2) is 17.5 Å². The molecule has 7 rings (SSSR count). The van der Waals surface area contributed by atoms with E-state index in [-0.39, 0.29) is 17.0 Å². The lowest BCUT2D eigenvalue weighted by molar-refractivity contribution is -0.120. The van der Waals surface area contributed by atoms with Crippen molar-refractivity contribution in [3.05, 3.63) is 97.0 Å². The second-order valence-corrected chi connectivity index (χ2v) is 13.5. The summed E-state index contributed by atoms with van der Waals surface area (Å²) in [5.41, 5.74) is 3.72. The van der Waals surface area contributed by atoms with E-state index in [1.54, 1.807) is 0 Å². The zero-order valence-corrected chi connectivity index (χ0v) is 29.4. The molecule has 1 saturated heterocycles. The van der Waals surface area contributed by atoms with Gasteiger partial charge in [0.05, 0.1) is 11.1 Å². The fraction of sp³-hybridized carbons (Fsp3) is 0.316. The summed E-state index contributed by atoms with van der Waals surface area (Å²) >= 11 is 0. The van der Waals surface area contributed by atoms with Crippen molar-refractivity contribution in [3.8, 4) is 34.2 Å². The largest absolute Gasteiger partial charge is 0.361 e. The van der Waals surface area contributed by atoms with Gasteiger partial charge in [0.1, 0.15) is 11.9 Å². The van der Waals surface area contributed by atoms with E-state index in [4.69, 9.17) is 10.1 Å². The minimum absolute atomic E-state index is 0.150. The van der Waals surface area contributed by atoms with Gasteiger partial charge in [-0.2, -0.15) is 5.10 Å². The zero-order chi connectivity index (χ0) is 35.3. The van der Waals surface area contributed by atoms with Crippen LogP contribution in [-0.4, -0.2) is 52.5 Å². The maximum atomic E-state index is 11.8. The van der Waals surface area contributed by atoms with E-state index in [1.807, 2.05) is 111 Å². The Morgan fingerprint density at radius 2 is 1.27 bits per heavy atom. The van der Waals surface area contributed by atoms with E-state index in [0.717, 1.165) is 33.9 Å². The normalized spacial score (nSPS) is 14.4. The number of H-pyrrole nitrogens is 1. The summed E-state index contributed by atoms with van der Waals surface area (Å²) in [6, 6.07) is 27.1. The molecular formula is C38H45N9O2. The van der Waals surface area contributed by atoms with Gasteiger partial charge in [-0.25, -0.2) is 24.1 Å². The third kappa shape index (κ3) is 7.94. The van der Waals surface area contributed by atoms with Crippen molar-refractivity contribution in [2.75, 3.05) is 0 Å². The smallest absolute Gasteiger partial charge is 0.322 e. The van der Waals surface area contributed by atoms with Crippen LogP contribution in [0.25, 0.3) is 45.1 Å². The molecule has 1 aliphatic heterocycles. The number of fused-ring (bicyclic) bond motifs is 1. The summed E-state index contributed by atoms with van der Waals surface area (Å²) in [6.45, 7) is 16.5. The number of nitrogens with zero attached hydrogens (tertiary/aromatic N) is 6. The van der Waals surface area contributed by atoms with Crippen molar-refractivity contribution in [3.63, 3.8) is 0 Å². The summed E-state index contributed by atoms with van der Waals surface area (Å²) < 4.78 is 3.83. The number of aromatic amines is 1. The van der Waals surface area contributed by atoms with Crippen molar-refractivity contribution < 1.29 is 9.59 Å². The summed E-state index contributed by atoms with van der Waals surface area (Å²) in [5, 5.41) is 15.4. The van der Waals surface area contributed by atoms with Gasteiger partial charge in [-0.1, -0.05) is 74.5 Å². The molecule has 49 heavy (non-hydrogen) atoms. The summed E-state index contributed by atoms with van der Waals surface area (Å²) in [5.74, 6) is 2.60. The molecule has 1 aliphatic rings. The standard InChI is InChI=1S/C20H20N4.C16H19N5O2.C2H6/c1-20(2,3)24-19(16-9-10-17-15(13-16)11-12-21-17)22-18(23-24)14-7-5-4-6-8-14;1-16(2,3)21-12(9-11-14(22)19-15(23)17-11)18-13(20-21)10-7-5-4-6-8-10;1-2/h4-13,21H,1-3H3;4-8,11H,9H2,1-3H3,(H2,17,19,22,23);1-2H3. The van der Waals surface area contributed by atoms with Crippen molar-refractivity contribution in [1.29, 1.82) is 0 Å². The van der Waals surface area contributed by atoms with E-state index >= 15 is 0 Å². The van der Waals surface area contributed by atoms with Crippen LogP contribution in [0.5, 0.6) is 0 Å². The molecule has 3 amide bonds. The average Bonchev–Trinajstić information content (AvgIpc) is 3.88. The molecular weight excluding hydrogens is 614 g/mol. The van der Waals surface area contributed by atoms with Gasteiger partial charge in [-0.15, -0.1) is 5.10 Å². The molecule has 4 heterocycles. The molecule has 3 aromatic heterocycles. The molecule has 0 aliphatic carbocycles. The first-order chi connectivity index (χ1) is 23.4. The molecule has 0 saturated carbocycles. The third-order valence-electron chi connectivity index (χ3n) is 7.67. The quantitative estimate of drug-likeness (QED) is 0.166. The molecule has 3 aromatic carbocycles. The van der Waals surface area contributed by atoms with Crippen LogP contribution in [0.15, 0.2) is 91.1 Å². The van der Waals surface area contributed by atoms with Crippen LogP contribution in [0.4, 0.5) is 4.79 Å². The highest BCUT2D eigenvalue weighted by molar-refractivity contribution is 6.04. The second kappa shape index (κ2) is 14.3. The number of hydrogen-bond acceptors (Lipinski definition) is 6. The minimum Gasteiger partial charge on any atom is -0.361 e. The Hall–Kier alpha value is -5.58. The summed E-state index contributed by atoms with van der Waals surface area (Å²) in [4.78, 5) is 35.7. The number of amides is 3. The Morgan fingerprint density at radius 1 is 0.694 bits per heavy atom. The molecule has 1 atom stereocenters. The van der Waals surface area contributed by atoms with Crippen LogP contribution in [0.1, 0.15) is 61.2 Å². The van der Waals surface area contributed by atoms with Crippen LogP contribution < -0.4 is 10.6 Å². The van der Waals surface area contributed by atoms with Crippen molar-refractivity contribution in [2.45, 2.75) is 78.9 Å². The molecule has 0 radical (unpaired) electrons. The van der Waals surface area contributed by atoms with E-state index in [9.17, 15) is 9.59 Å². The Morgan fingerprint density at radius 3 is 1.82 bits per heavy atom. The Balaban J connectivity index is 0.000000182. The molecule has 254 valence electrons. The van der Waals surface area contributed by atoms with Gasteiger partial charge in [-0.3, -0.25) is 10.1 Å². The zero-order valence-electron chi connectivity index (χ0n) is 29.4. The van der Waals surface area contributed by atoms with Crippen LogP contribution >= 0.6 is 0 Å². The highest BCUT2D eigenvalue weighted by Crippen LogP contribution is 2.29. The number of benzene rings is 3. The molecule has 3 N–H and O–H groups in total. The number of imide groups is 1. The molecule has 0 bridgehead atoms. The Kier molecular flexibility index (Phi) is 10.1. The van der Waals surface area contributed by atoms with Crippen LogP contribution in [-0.2, 0) is 22.3 Å². The predicted octanol–water partition coefficient (Wildman–Crippen LogP) is 7.33. The van der Waals surface area contributed by atoms with Gasteiger partial charge in [0.2, 0.25) is 0 Å². The molecule has 11 heteroatoms. The van der Waals surface area contributed by atoms with E-state index < -0.39 is 12.1 Å². The van der Waals surface area contributed by atoms with Gasteiger partial charge in [0.25, 0.3) is 5.91 Å². The summed E-state index contributed by atoms with van der Waals surface area (Å²) in [6.07, 6.45) is 2.26. The first-order valence-corrected chi connectivity index (χ1v) is 16.6. The Bertz CT molecular complexity index is 2030. The van der Waals surface area contributed by atoms with E-state index in [1.165, 1.54) is 5.39 Å². The molecule has 1 fully saturated rings. The van der Waals surface area contributed by atoms with Crippen LogP contribution in [0.3, 0.4) is 0 Å². The first kappa shape index (κ1) is 34.7.